The molecule has 0 bridgehead atoms. The first kappa shape index (κ1) is 21.0. The fourth-order valence-electron chi connectivity index (χ4n) is 2.03. The Hall–Kier alpha value is -4.29. The Morgan fingerprint density at radius 2 is 1.76 bits per heavy atom. The molecule has 2 N–H and O–H groups in total. The van der Waals surface area contributed by atoms with Crippen LogP contribution in [0.1, 0.15) is 21.0 Å². The van der Waals surface area contributed by atoms with Gasteiger partial charge in [-0.2, -0.15) is 0 Å². The molecular weight excluding hydrogens is 392 g/mol. The lowest BCUT2D eigenvalue weighted by molar-refractivity contribution is -0.386. The van der Waals surface area contributed by atoms with Crippen molar-refractivity contribution in [2.45, 2.75) is 0 Å². The van der Waals surface area contributed by atoms with Gasteiger partial charge < -0.3 is 24.6 Å². The minimum Gasteiger partial charge on any atom is -0.479 e. The first-order chi connectivity index (χ1) is 13.8. The van der Waals surface area contributed by atoms with Crippen LogP contribution in [-0.2, 0) is 9.53 Å². The van der Waals surface area contributed by atoms with E-state index in [4.69, 9.17) is 14.6 Å². The maximum absolute atomic E-state index is 12.4. The molecule has 0 fully saturated rings. The molecule has 0 atom stereocenters. The average molecular weight is 406 g/mol. The number of esters is 1. The smallest absolute Gasteiger partial charge is 0.356 e. The standard InChI is InChI=1S/C16H14N4O9/c1-27-15-11(20(25)26)6-5-8(18-15)13(23)17-9-3-4-10(16(24)28-2)19-14(9)29-7-12(21)22/h3-6H,7H2,1-2H3,(H,17,23)(H,21,22). The van der Waals surface area contributed by atoms with Crippen LogP contribution in [-0.4, -0.2) is 58.7 Å². The highest BCUT2D eigenvalue weighted by atomic mass is 16.6. The van der Waals surface area contributed by atoms with Crippen molar-refractivity contribution in [3.63, 3.8) is 0 Å². The van der Waals surface area contributed by atoms with Crippen molar-refractivity contribution in [2.75, 3.05) is 26.1 Å². The first-order valence-electron chi connectivity index (χ1n) is 7.71. The molecule has 1 amide bonds. The highest BCUT2D eigenvalue weighted by molar-refractivity contribution is 6.04. The molecule has 0 aliphatic rings. The molecule has 2 aromatic heterocycles. The van der Waals surface area contributed by atoms with E-state index in [9.17, 15) is 24.5 Å². The number of anilines is 1. The molecule has 29 heavy (non-hydrogen) atoms. The van der Waals surface area contributed by atoms with Gasteiger partial charge in [-0.3, -0.25) is 14.9 Å². The summed E-state index contributed by atoms with van der Waals surface area (Å²) in [5.41, 5.74) is -0.906. The zero-order valence-electron chi connectivity index (χ0n) is 15.1. The second-order valence-corrected chi connectivity index (χ2v) is 5.16. The van der Waals surface area contributed by atoms with E-state index < -0.39 is 35.1 Å². The molecule has 152 valence electrons. The summed E-state index contributed by atoms with van der Waals surface area (Å²) >= 11 is 0. The summed E-state index contributed by atoms with van der Waals surface area (Å²) in [5, 5.41) is 22.1. The van der Waals surface area contributed by atoms with E-state index in [1.54, 1.807) is 0 Å². The van der Waals surface area contributed by atoms with E-state index in [2.05, 4.69) is 20.0 Å². The van der Waals surface area contributed by atoms with Crippen LogP contribution in [0.25, 0.3) is 0 Å². The van der Waals surface area contributed by atoms with Crippen molar-refractivity contribution in [1.29, 1.82) is 0 Å². The Morgan fingerprint density at radius 1 is 1.10 bits per heavy atom. The Kier molecular flexibility index (Phi) is 6.58. The van der Waals surface area contributed by atoms with Crippen molar-refractivity contribution >= 4 is 29.2 Å². The number of nitrogens with one attached hydrogen (secondary N) is 1. The number of aromatic nitrogens is 2. The highest BCUT2D eigenvalue weighted by Crippen LogP contribution is 2.26. The zero-order chi connectivity index (χ0) is 21.6. The van der Waals surface area contributed by atoms with Gasteiger partial charge in [-0.15, -0.1) is 0 Å². The Labute approximate surface area is 162 Å². The van der Waals surface area contributed by atoms with Gasteiger partial charge in [-0.25, -0.2) is 19.6 Å². The van der Waals surface area contributed by atoms with Crippen molar-refractivity contribution < 1.29 is 38.6 Å². The number of hydrogen-bond acceptors (Lipinski definition) is 10. The molecule has 2 heterocycles. The topological polar surface area (TPSA) is 180 Å². The van der Waals surface area contributed by atoms with Crippen LogP contribution in [0.3, 0.4) is 0 Å². The molecule has 0 saturated carbocycles. The predicted molar refractivity (Wildman–Crippen MR) is 94.1 cm³/mol. The maximum atomic E-state index is 12.4. The van der Waals surface area contributed by atoms with Gasteiger partial charge in [-0.1, -0.05) is 0 Å². The van der Waals surface area contributed by atoms with Gasteiger partial charge in [0.15, 0.2) is 12.3 Å². The molecule has 2 aromatic rings. The number of ether oxygens (including phenoxy) is 3. The van der Waals surface area contributed by atoms with Crippen LogP contribution in [0.4, 0.5) is 11.4 Å². The maximum Gasteiger partial charge on any atom is 0.356 e. The van der Waals surface area contributed by atoms with E-state index in [-0.39, 0.29) is 28.8 Å². The third-order valence-corrected chi connectivity index (χ3v) is 3.30. The molecule has 0 unspecified atom stereocenters. The monoisotopic (exact) mass is 406 g/mol. The quantitative estimate of drug-likeness (QED) is 0.361. The number of rotatable bonds is 8. The molecule has 13 heteroatoms. The molecule has 2 rings (SSSR count). The van der Waals surface area contributed by atoms with Gasteiger partial charge in [0.25, 0.3) is 11.8 Å². The molecule has 0 radical (unpaired) electrons. The van der Waals surface area contributed by atoms with Crippen LogP contribution in [0.15, 0.2) is 24.3 Å². The Balaban J connectivity index is 2.34. The molecule has 0 aromatic carbocycles. The van der Waals surface area contributed by atoms with E-state index in [0.29, 0.717) is 0 Å². The largest absolute Gasteiger partial charge is 0.479 e. The van der Waals surface area contributed by atoms with Gasteiger partial charge in [0.1, 0.15) is 11.4 Å². The number of carbonyl (C=O) groups excluding carboxylic acids is 2. The summed E-state index contributed by atoms with van der Waals surface area (Å²) < 4.78 is 14.3. The lowest BCUT2D eigenvalue weighted by atomic mass is 10.2. The highest BCUT2D eigenvalue weighted by Gasteiger charge is 2.21. The lowest BCUT2D eigenvalue weighted by Crippen LogP contribution is -2.18. The third-order valence-electron chi connectivity index (χ3n) is 3.30. The van der Waals surface area contributed by atoms with Crippen molar-refractivity contribution in [3.05, 3.63) is 45.8 Å². The number of carboxylic acid groups (broad SMARTS) is 1. The normalized spacial score (nSPS) is 10.0. The Morgan fingerprint density at radius 3 is 2.34 bits per heavy atom. The van der Waals surface area contributed by atoms with Crippen molar-refractivity contribution in [2.24, 2.45) is 0 Å². The minimum atomic E-state index is -1.31. The van der Waals surface area contributed by atoms with Crippen LogP contribution in [0.2, 0.25) is 0 Å². The second kappa shape index (κ2) is 9.07. The summed E-state index contributed by atoms with van der Waals surface area (Å²) in [6, 6.07) is 4.61. The summed E-state index contributed by atoms with van der Waals surface area (Å²) in [6.45, 7) is -0.788. The Bertz CT molecular complexity index is 977. The number of pyridine rings is 2. The molecule has 0 saturated heterocycles. The van der Waals surface area contributed by atoms with Crippen LogP contribution in [0.5, 0.6) is 11.8 Å². The minimum absolute atomic E-state index is 0.0666. The summed E-state index contributed by atoms with van der Waals surface area (Å²) in [4.78, 5) is 52.6. The molecule has 13 nitrogen and oxygen atoms in total. The summed E-state index contributed by atoms with van der Waals surface area (Å²) in [6.07, 6.45) is 0. The number of carbonyl (C=O) groups is 3. The number of nitrogens with zero attached hydrogens (tertiary/aromatic N) is 3. The average Bonchev–Trinajstić information content (AvgIpc) is 2.71. The fourth-order valence-corrected chi connectivity index (χ4v) is 2.03. The molecule has 0 aliphatic carbocycles. The number of hydrogen-bond donors (Lipinski definition) is 2. The number of carboxylic acids is 1. The van der Waals surface area contributed by atoms with E-state index in [0.717, 1.165) is 26.4 Å². The molecule has 0 spiro atoms. The number of nitro groups is 1. The van der Waals surface area contributed by atoms with E-state index >= 15 is 0 Å². The number of amides is 1. The van der Waals surface area contributed by atoms with E-state index in [1.807, 2.05) is 0 Å². The third kappa shape index (κ3) is 5.12. The summed E-state index contributed by atoms with van der Waals surface area (Å²) in [5.74, 6) is -3.65. The van der Waals surface area contributed by atoms with Crippen LogP contribution in [0, 0.1) is 10.1 Å². The van der Waals surface area contributed by atoms with Crippen LogP contribution >= 0.6 is 0 Å². The molecular formula is C16H14N4O9. The fraction of sp³-hybridized carbons (Fsp3) is 0.188. The van der Waals surface area contributed by atoms with Crippen LogP contribution < -0.4 is 14.8 Å². The number of aliphatic carboxylic acids is 1. The van der Waals surface area contributed by atoms with Gasteiger partial charge in [0.2, 0.25) is 5.88 Å². The van der Waals surface area contributed by atoms with Gasteiger partial charge in [0, 0.05) is 6.07 Å². The lowest BCUT2D eigenvalue weighted by Gasteiger charge is -2.11. The summed E-state index contributed by atoms with van der Waals surface area (Å²) in [7, 11) is 2.29. The van der Waals surface area contributed by atoms with Crippen molar-refractivity contribution in [3.8, 4) is 11.8 Å². The van der Waals surface area contributed by atoms with Crippen molar-refractivity contribution in [1.82, 2.24) is 9.97 Å². The van der Waals surface area contributed by atoms with Gasteiger partial charge in [-0.05, 0) is 18.2 Å². The molecule has 0 aliphatic heterocycles. The van der Waals surface area contributed by atoms with Gasteiger partial charge >= 0.3 is 17.6 Å². The SMILES string of the molecule is COC(=O)c1ccc(NC(=O)c2ccc([N+](=O)[O-])c(OC)n2)c(OCC(=O)O)n1. The number of methoxy groups -OCH3 is 2. The van der Waals surface area contributed by atoms with E-state index in [1.165, 1.54) is 12.1 Å². The first-order valence-corrected chi connectivity index (χ1v) is 7.71. The zero-order valence-corrected chi connectivity index (χ0v) is 15.1. The van der Waals surface area contributed by atoms with Gasteiger partial charge in [0.05, 0.1) is 19.1 Å². The predicted octanol–water partition coefficient (Wildman–Crippen LogP) is 0.896. The second-order valence-electron chi connectivity index (χ2n) is 5.16.